The van der Waals surface area contributed by atoms with Gasteiger partial charge in [0.15, 0.2) is 5.16 Å². The molecular formula is C17H15N5OS2. The summed E-state index contributed by atoms with van der Waals surface area (Å²) < 4.78 is 3.53. The summed E-state index contributed by atoms with van der Waals surface area (Å²) in [6, 6.07) is 7.53. The Morgan fingerprint density at radius 3 is 2.92 bits per heavy atom. The molecule has 0 saturated carbocycles. The number of rotatable bonds is 5. The number of aromatic nitrogens is 5. The number of nitrogens with zero attached hydrogens (tertiary/aromatic N) is 5. The second-order valence-corrected chi connectivity index (χ2v) is 7.49. The van der Waals surface area contributed by atoms with E-state index < -0.39 is 0 Å². The monoisotopic (exact) mass is 369 g/mol. The molecule has 0 fully saturated rings. The van der Waals surface area contributed by atoms with Crippen molar-refractivity contribution < 1.29 is 0 Å². The summed E-state index contributed by atoms with van der Waals surface area (Å²) in [7, 11) is 0. The van der Waals surface area contributed by atoms with Gasteiger partial charge in [-0.15, -0.1) is 28.1 Å². The van der Waals surface area contributed by atoms with Crippen molar-refractivity contribution in [3.8, 4) is 0 Å². The SMILES string of the molecule is C=CCn1c(=O)c2ccccc2n2c(SCc3csc(C)n3)nnc12. The highest BCUT2D eigenvalue weighted by atomic mass is 32.2. The highest BCUT2D eigenvalue weighted by Crippen LogP contribution is 2.25. The van der Waals surface area contributed by atoms with E-state index in [2.05, 4.69) is 27.1 Å². The average Bonchev–Trinajstić information content (AvgIpc) is 3.23. The molecule has 1 aromatic carbocycles. The largest absolute Gasteiger partial charge is 0.272 e. The normalized spacial score (nSPS) is 11.4. The van der Waals surface area contributed by atoms with E-state index in [1.165, 1.54) is 0 Å². The highest BCUT2D eigenvalue weighted by Gasteiger charge is 2.16. The molecule has 4 rings (SSSR count). The molecule has 126 valence electrons. The van der Waals surface area contributed by atoms with Crippen molar-refractivity contribution in [3.05, 3.63) is 63.4 Å². The summed E-state index contributed by atoms with van der Waals surface area (Å²) in [5.41, 5.74) is 1.75. The highest BCUT2D eigenvalue weighted by molar-refractivity contribution is 7.98. The molecule has 0 radical (unpaired) electrons. The van der Waals surface area contributed by atoms with E-state index in [-0.39, 0.29) is 5.56 Å². The first-order chi connectivity index (χ1) is 12.2. The van der Waals surface area contributed by atoms with E-state index >= 15 is 0 Å². The van der Waals surface area contributed by atoms with Gasteiger partial charge < -0.3 is 0 Å². The molecule has 6 nitrogen and oxygen atoms in total. The van der Waals surface area contributed by atoms with Crippen LogP contribution in [0.5, 0.6) is 0 Å². The fourth-order valence-corrected chi connectivity index (χ4v) is 4.28. The first-order valence-corrected chi connectivity index (χ1v) is 9.57. The molecule has 8 heteroatoms. The number of thioether (sulfide) groups is 1. The molecule has 0 spiro atoms. The smallest absolute Gasteiger partial charge is 0.263 e. The molecule has 0 saturated heterocycles. The molecule has 3 heterocycles. The van der Waals surface area contributed by atoms with E-state index in [9.17, 15) is 4.79 Å². The van der Waals surface area contributed by atoms with Crippen LogP contribution in [0.3, 0.4) is 0 Å². The molecule has 0 bridgehead atoms. The Kier molecular flexibility index (Phi) is 4.14. The van der Waals surface area contributed by atoms with Crippen molar-refractivity contribution in [2.24, 2.45) is 0 Å². The standard InChI is InChI=1S/C17H15N5OS2/c1-3-8-21-15(23)13-6-4-5-7-14(13)22-16(21)19-20-17(22)25-10-12-9-24-11(2)18-12/h3-7,9H,1,8,10H2,2H3. The lowest BCUT2D eigenvalue weighted by Gasteiger charge is -2.09. The van der Waals surface area contributed by atoms with Gasteiger partial charge in [0.1, 0.15) is 0 Å². The quantitative estimate of drug-likeness (QED) is 0.399. The zero-order valence-electron chi connectivity index (χ0n) is 13.5. The van der Waals surface area contributed by atoms with Crippen LogP contribution in [0.4, 0.5) is 0 Å². The number of thiazole rings is 1. The molecule has 25 heavy (non-hydrogen) atoms. The predicted octanol–water partition coefficient (Wildman–Crippen LogP) is 3.29. The van der Waals surface area contributed by atoms with Crippen LogP contribution in [-0.2, 0) is 12.3 Å². The van der Waals surface area contributed by atoms with Gasteiger partial charge >= 0.3 is 0 Å². The minimum atomic E-state index is -0.0814. The first kappa shape index (κ1) is 16.0. The third kappa shape index (κ3) is 2.77. The Balaban J connectivity index is 1.88. The number of hydrogen-bond acceptors (Lipinski definition) is 6. The van der Waals surface area contributed by atoms with Gasteiger partial charge in [0.05, 0.1) is 21.6 Å². The number of allylic oxidation sites excluding steroid dienone is 1. The van der Waals surface area contributed by atoms with Crippen LogP contribution < -0.4 is 5.56 Å². The average molecular weight is 369 g/mol. The summed E-state index contributed by atoms with van der Waals surface area (Å²) in [5.74, 6) is 1.24. The molecule has 3 aromatic heterocycles. The van der Waals surface area contributed by atoms with Crippen molar-refractivity contribution in [2.45, 2.75) is 24.4 Å². The molecule has 0 aliphatic heterocycles. The maximum absolute atomic E-state index is 12.7. The van der Waals surface area contributed by atoms with Crippen molar-refractivity contribution in [1.82, 2.24) is 24.1 Å². The van der Waals surface area contributed by atoms with E-state index in [1.54, 1.807) is 33.7 Å². The second kappa shape index (κ2) is 6.45. The Bertz CT molecular complexity index is 1140. The lowest BCUT2D eigenvalue weighted by molar-refractivity contribution is 0.783. The van der Waals surface area contributed by atoms with E-state index in [0.717, 1.165) is 21.4 Å². The minimum absolute atomic E-state index is 0.0814. The van der Waals surface area contributed by atoms with E-state index in [1.807, 2.05) is 35.6 Å². The van der Waals surface area contributed by atoms with Crippen LogP contribution in [0.2, 0.25) is 0 Å². The van der Waals surface area contributed by atoms with Crippen LogP contribution in [-0.4, -0.2) is 24.1 Å². The number of fused-ring (bicyclic) bond motifs is 3. The van der Waals surface area contributed by atoms with Crippen LogP contribution in [0.1, 0.15) is 10.7 Å². The van der Waals surface area contributed by atoms with Crippen LogP contribution >= 0.6 is 23.1 Å². The van der Waals surface area contributed by atoms with Crippen molar-refractivity contribution in [1.29, 1.82) is 0 Å². The third-order valence-electron chi connectivity index (χ3n) is 3.81. The summed E-state index contributed by atoms with van der Waals surface area (Å²) >= 11 is 3.20. The Labute approximate surface area is 151 Å². The Hall–Kier alpha value is -2.45. The fraction of sp³-hybridized carbons (Fsp3) is 0.176. The van der Waals surface area contributed by atoms with Crippen LogP contribution in [0.25, 0.3) is 16.7 Å². The minimum Gasteiger partial charge on any atom is -0.272 e. The Morgan fingerprint density at radius 1 is 1.32 bits per heavy atom. The second-order valence-electron chi connectivity index (χ2n) is 5.49. The lowest BCUT2D eigenvalue weighted by Crippen LogP contribution is -2.22. The lowest BCUT2D eigenvalue weighted by atomic mass is 10.2. The topological polar surface area (TPSA) is 65.1 Å². The van der Waals surface area contributed by atoms with Gasteiger partial charge in [-0.25, -0.2) is 4.98 Å². The number of para-hydroxylation sites is 1. The van der Waals surface area contributed by atoms with Gasteiger partial charge in [0, 0.05) is 17.7 Å². The summed E-state index contributed by atoms with van der Waals surface area (Å²) in [6.07, 6.45) is 1.69. The molecule has 0 unspecified atom stereocenters. The van der Waals surface area contributed by atoms with Gasteiger partial charge in [-0.1, -0.05) is 30.0 Å². The van der Waals surface area contributed by atoms with Crippen molar-refractivity contribution in [3.63, 3.8) is 0 Å². The first-order valence-electron chi connectivity index (χ1n) is 7.70. The zero-order valence-corrected chi connectivity index (χ0v) is 15.2. The zero-order chi connectivity index (χ0) is 17.4. The number of benzene rings is 1. The molecule has 0 atom stereocenters. The molecule has 0 N–H and O–H groups in total. The molecular weight excluding hydrogens is 354 g/mol. The Morgan fingerprint density at radius 2 is 2.16 bits per heavy atom. The van der Waals surface area contributed by atoms with Crippen LogP contribution in [0, 0.1) is 6.92 Å². The van der Waals surface area contributed by atoms with Crippen LogP contribution in [0.15, 0.2) is 52.3 Å². The van der Waals surface area contributed by atoms with Gasteiger partial charge in [0.25, 0.3) is 5.56 Å². The number of hydrogen-bond donors (Lipinski definition) is 0. The van der Waals surface area contributed by atoms with Gasteiger partial charge in [-0.05, 0) is 19.1 Å². The van der Waals surface area contributed by atoms with Gasteiger partial charge in [-0.3, -0.25) is 13.8 Å². The summed E-state index contributed by atoms with van der Waals surface area (Å²) in [6.45, 7) is 6.12. The summed E-state index contributed by atoms with van der Waals surface area (Å²) in [4.78, 5) is 17.2. The van der Waals surface area contributed by atoms with Crippen molar-refractivity contribution >= 4 is 39.8 Å². The predicted molar refractivity (Wildman–Crippen MR) is 101 cm³/mol. The number of aryl methyl sites for hydroxylation is 1. The summed E-state index contributed by atoms with van der Waals surface area (Å²) in [5, 5.41) is 13.1. The third-order valence-corrected chi connectivity index (χ3v) is 5.59. The maximum atomic E-state index is 12.7. The molecule has 0 aliphatic carbocycles. The molecule has 0 aliphatic rings. The van der Waals surface area contributed by atoms with E-state index in [0.29, 0.717) is 23.5 Å². The van der Waals surface area contributed by atoms with E-state index in [4.69, 9.17) is 0 Å². The van der Waals surface area contributed by atoms with Gasteiger partial charge in [0.2, 0.25) is 5.78 Å². The fourth-order valence-electron chi connectivity index (χ4n) is 2.73. The maximum Gasteiger partial charge on any atom is 0.263 e. The van der Waals surface area contributed by atoms with Gasteiger partial charge in [-0.2, -0.15) is 0 Å². The molecule has 4 aromatic rings. The van der Waals surface area contributed by atoms with Crippen molar-refractivity contribution in [2.75, 3.05) is 0 Å². The molecule has 0 amide bonds.